The van der Waals surface area contributed by atoms with Gasteiger partial charge in [-0.1, -0.05) is 46.3 Å². The monoisotopic (exact) mass is 449 g/mol. The molecule has 6 rings (SSSR count). The number of aromatic nitrogens is 1. The molecule has 6 heteroatoms. The molecule has 0 radical (unpaired) electrons. The Bertz CT molecular complexity index is 1170. The van der Waals surface area contributed by atoms with E-state index < -0.39 is 6.04 Å². The Morgan fingerprint density at radius 2 is 1.86 bits per heavy atom. The number of carbonyl (C=O) groups is 2. The van der Waals surface area contributed by atoms with Crippen molar-refractivity contribution in [2.45, 2.75) is 37.4 Å². The van der Waals surface area contributed by atoms with Gasteiger partial charge >= 0.3 is 0 Å². The predicted molar refractivity (Wildman–Crippen MR) is 113 cm³/mol. The Morgan fingerprint density at radius 3 is 2.66 bits per heavy atom. The van der Waals surface area contributed by atoms with E-state index in [9.17, 15) is 9.59 Å². The minimum Gasteiger partial charge on any atom is -0.356 e. The normalized spacial score (nSPS) is 24.0. The summed E-state index contributed by atoms with van der Waals surface area (Å²) in [4.78, 5) is 33.9. The first-order valence-electron chi connectivity index (χ1n) is 10.1. The maximum absolute atomic E-state index is 13.4. The largest absolute Gasteiger partial charge is 0.356 e. The molecule has 3 aliphatic rings. The van der Waals surface area contributed by atoms with Gasteiger partial charge in [0.05, 0.1) is 6.04 Å². The van der Waals surface area contributed by atoms with E-state index >= 15 is 0 Å². The summed E-state index contributed by atoms with van der Waals surface area (Å²) in [6.45, 7) is 0.195. The quantitative estimate of drug-likeness (QED) is 0.646. The van der Waals surface area contributed by atoms with E-state index in [2.05, 4.69) is 33.0 Å². The molecule has 3 aromatic rings. The lowest BCUT2D eigenvalue weighted by atomic mass is 9.86. The van der Waals surface area contributed by atoms with Crippen molar-refractivity contribution in [1.82, 2.24) is 14.8 Å². The molecular weight excluding hydrogens is 430 g/mol. The van der Waals surface area contributed by atoms with Crippen LogP contribution in [0.2, 0.25) is 0 Å². The summed E-state index contributed by atoms with van der Waals surface area (Å²) in [6, 6.07) is 15.8. The molecule has 1 aliphatic carbocycles. The molecule has 29 heavy (non-hydrogen) atoms. The number of H-pyrrole nitrogens is 1. The molecule has 2 atom stereocenters. The van der Waals surface area contributed by atoms with E-state index in [0.717, 1.165) is 45.0 Å². The van der Waals surface area contributed by atoms with Crippen LogP contribution in [0.5, 0.6) is 0 Å². The lowest BCUT2D eigenvalue weighted by Crippen LogP contribution is -2.63. The maximum atomic E-state index is 13.4. The van der Waals surface area contributed by atoms with Crippen LogP contribution in [0, 0.1) is 0 Å². The molecule has 2 aromatic carbocycles. The van der Waals surface area contributed by atoms with Gasteiger partial charge in [-0.3, -0.25) is 9.59 Å². The number of hydrogen-bond donors (Lipinski definition) is 1. The third-order valence-electron chi connectivity index (χ3n) is 6.45. The van der Waals surface area contributed by atoms with Gasteiger partial charge in [-0.2, -0.15) is 0 Å². The van der Waals surface area contributed by atoms with Crippen LogP contribution in [0.1, 0.15) is 35.7 Å². The van der Waals surface area contributed by atoms with Crippen molar-refractivity contribution < 1.29 is 9.59 Å². The number of rotatable bonds is 2. The molecule has 1 N–H and O–H groups in total. The number of piperazine rings is 1. The van der Waals surface area contributed by atoms with E-state index in [4.69, 9.17) is 0 Å². The molecule has 2 fully saturated rings. The molecular formula is C23H20BrN3O2. The first-order chi connectivity index (χ1) is 14.1. The van der Waals surface area contributed by atoms with E-state index in [0.29, 0.717) is 6.42 Å². The van der Waals surface area contributed by atoms with Crippen LogP contribution in [0.15, 0.2) is 53.0 Å². The van der Waals surface area contributed by atoms with Gasteiger partial charge < -0.3 is 14.8 Å². The fourth-order valence-corrected chi connectivity index (χ4v) is 5.42. The second kappa shape index (κ2) is 6.20. The number of aromatic amines is 1. The molecule has 0 spiro atoms. The summed E-state index contributed by atoms with van der Waals surface area (Å²) >= 11 is 3.57. The first-order valence-corrected chi connectivity index (χ1v) is 10.9. The van der Waals surface area contributed by atoms with Crippen molar-refractivity contribution in [3.63, 3.8) is 0 Å². The molecule has 5 nitrogen and oxygen atoms in total. The van der Waals surface area contributed by atoms with Gasteiger partial charge in [-0.25, -0.2) is 0 Å². The average molecular weight is 450 g/mol. The summed E-state index contributed by atoms with van der Waals surface area (Å²) in [5, 5.41) is 1.14. The Morgan fingerprint density at radius 1 is 1.03 bits per heavy atom. The first kappa shape index (κ1) is 17.3. The summed E-state index contributed by atoms with van der Waals surface area (Å²) in [6.07, 6.45) is 2.59. The third-order valence-corrected chi connectivity index (χ3v) is 6.94. The Hall–Kier alpha value is -2.60. The van der Waals surface area contributed by atoms with Gasteiger partial charge in [0.25, 0.3) is 0 Å². The summed E-state index contributed by atoms with van der Waals surface area (Å²) < 4.78 is 0.963. The zero-order valence-corrected chi connectivity index (χ0v) is 17.4. The summed E-state index contributed by atoms with van der Waals surface area (Å²) in [5.41, 5.74) is 4.25. The van der Waals surface area contributed by atoms with Gasteiger partial charge in [-0.15, -0.1) is 0 Å². The highest BCUT2D eigenvalue weighted by Gasteiger charge is 2.50. The zero-order chi connectivity index (χ0) is 19.7. The summed E-state index contributed by atoms with van der Waals surface area (Å²) in [5.74, 6) is 0.138. The third kappa shape index (κ3) is 2.58. The van der Waals surface area contributed by atoms with Crippen molar-refractivity contribution in [2.75, 3.05) is 6.54 Å². The van der Waals surface area contributed by atoms with Gasteiger partial charge in [0.2, 0.25) is 11.8 Å². The lowest BCUT2D eigenvalue weighted by Gasteiger charge is -2.47. The summed E-state index contributed by atoms with van der Waals surface area (Å²) in [7, 11) is 0. The van der Waals surface area contributed by atoms with Gasteiger partial charge in [0.1, 0.15) is 12.6 Å². The number of halogens is 1. The topological polar surface area (TPSA) is 56.4 Å². The van der Waals surface area contributed by atoms with Crippen LogP contribution >= 0.6 is 15.9 Å². The van der Waals surface area contributed by atoms with E-state index in [-0.39, 0.29) is 30.4 Å². The number of amides is 2. The Labute approximate surface area is 176 Å². The van der Waals surface area contributed by atoms with Crippen LogP contribution in [0.3, 0.4) is 0 Å². The van der Waals surface area contributed by atoms with Crippen molar-refractivity contribution >= 4 is 38.6 Å². The fraction of sp³-hybridized carbons (Fsp3) is 0.304. The average Bonchev–Trinajstić information content (AvgIpc) is 3.50. The number of benzene rings is 2. The molecule has 2 aliphatic heterocycles. The molecule has 0 bridgehead atoms. The van der Waals surface area contributed by atoms with Crippen molar-refractivity contribution in [2.24, 2.45) is 0 Å². The van der Waals surface area contributed by atoms with Crippen LogP contribution in [-0.4, -0.2) is 45.2 Å². The Kier molecular flexibility index (Phi) is 3.69. The van der Waals surface area contributed by atoms with E-state index in [1.54, 1.807) is 0 Å². The minimum atomic E-state index is -0.437. The van der Waals surface area contributed by atoms with Crippen molar-refractivity contribution in [1.29, 1.82) is 0 Å². The van der Waals surface area contributed by atoms with E-state index in [1.165, 1.54) is 0 Å². The highest BCUT2D eigenvalue weighted by Crippen LogP contribution is 2.44. The number of hydrogen-bond acceptors (Lipinski definition) is 2. The van der Waals surface area contributed by atoms with Gasteiger partial charge in [-0.05, 0) is 42.2 Å². The number of nitrogens with zero attached hydrogens (tertiary/aromatic N) is 2. The Balaban J connectivity index is 1.56. The SMILES string of the molecule is O=C1[C@@H]2Cc3c([nH]c4ccccc34)[C@@H](c3cccc(Br)c3)N2C(=O)CN1C1CC1. The molecule has 0 unspecified atom stereocenters. The molecule has 1 aromatic heterocycles. The van der Waals surface area contributed by atoms with Crippen molar-refractivity contribution in [3.8, 4) is 0 Å². The number of para-hydroxylation sites is 1. The lowest BCUT2D eigenvalue weighted by molar-refractivity contribution is -0.159. The smallest absolute Gasteiger partial charge is 0.246 e. The van der Waals surface area contributed by atoms with Crippen LogP contribution in [0.25, 0.3) is 10.9 Å². The highest BCUT2D eigenvalue weighted by molar-refractivity contribution is 9.10. The van der Waals surface area contributed by atoms with Crippen LogP contribution in [0.4, 0.5) is 0 Å². The fourth-order valence-electron chi connectivity index (χ4n) is 5.00. The second-order valence-electron chi connectivity index (χ2n) is 8.24. The van der Waals surface area contributed by atoms with Crippen LogP contribution in [-0.2, 0) is 16.0 Å². The van der Waals surface area contributed by atoms with Gasteiger partial charge in [0.15, 0.2) is 0 Å². The number of fused-ring (bicyclic) bond motifs is 4. The number of carbonyl (C=O) groups excluding carboxylic acids is 2. The molecule has 1 saturated carbocycles. The number of nitrogens with one attached hydrogen (secondary N) is 1. The van der Waals surface area contributed by atoms with Crippen molar-refractivity contribution in [3.05, 3.63) is 69.8 Å². The highest BCUT2D eigenvalue weighted by atomic mass is 79.9. The molecule has 146 valence electrons. The molecule has 3 heterocycles. The van der Waals surface area contributed by atoms with Crippen LogP contribution < -0.4 is 0 Å². The van der Waals surface area contributed by atoms with Gasteiger partial charge in [0, 0.05) is 33.5 Å². The second-order valence-corrected chi connectivity index (χ2v) is 9.15. The standard InChI is InChI=1S/C23H20BrN3O2/c24-14-5-3-4-13(10-14)22-21-17(16-6-1-2-7-18(16)25-21)11-19-23(29)26(15-8-9-15)12-20(28)27(19)22/h1-7,10,15,19,22,25H,8-9,11-12H2/t19-,22+/m0/s1. The maximum Gasteiger partial charge on any atom is 0.246 e. The molecule has 2 amide bonds. The zero-order valence-electron chi connectivity index (χ0n) is 15.8. The molecule has 1 saturated heterocycles. The minimum absolute atomic E-state index is 0.0378. The predicted octanol–water partition coefficient (Wildman–Crippen LogP) is 3.78. The van der Waals surface area contributed by atoms with E-state index in [1.807, 2.05) is 46.2 Å².